The molecule has 0 aliphatic rings. The van der Waals surface area contributed by atoms with E-state index in [1.54, 1.807) is 12.1 Å². The van der Waals surface area contributed by atoms with Crippen molar-refractivity contribution in [1.29, 1.82) is 0 Å². The number of quaternary nitrogens is 1. The molecule has 106 valence electrons. The third-order valence-corrected chi connectivity index (χ3v) is 3.04. The van der Waals surface area contributed by atoms with Crippen molar-refractivity contribution in [3.8, 4) is 5.88 Å². The van der Waals surface area contributed by atoms with Gasteiger partial charge in [0.1, 0.15) is 0 Å². The zero-order valence-electron chi connectivity index (χ0n) is 10.8. The molecule has 21 heavy (non-hydrogen) atoms. The van der Waals surface area contributed by atoms with Gasteiger partial charge in [-0.1, -0.05) is 18.2 Å². The summed E-state index contributed by atoms with van der Waals surface area (Å²) in [6.45, 7) is 0. The molecule has 0 fully saturated rings. The Labute approximate surface area is 119 Å². The summed E-state index contributed by atoms with van der Waals surface area (Å²) in [5.41, 5.74) is 1.81. The van der Waals surface area contributed by atoms with Gasteiger partial charge in [-0.05, 0) is 18.2 Å². The van der Waals surface area contributed by atoms with E-state index in [0.29, 0.717) is 11.4 Å². The lowest BCUT2D eigenvalue weighted by Crippen LogP contribution is -2.99. The van der Waals surface area contributed by atoms with Crippen LogP contribution in [0.4, 0.5) is 17.1 Å². The Morgan fingerprint density at radius 1 is 1.00 bits per heavy atom. The zero-order valence-corrected chi connectivity index (χ0v) is 10.8. The molecule has 0 amide bonds. The highest BCUT2D eigenvalue weighted by Crippen LogP contribution is 2.35. The molecule has 1 unspecified atom stereocenters. The second kappa shape index (κ2) is 5.33. The van der Waals surface area contributed by atoms with E-state index in [0.717, 1.165) is 10.9 Å². The quantitative estimate of drug-likeness (QED) is 0.438. The maximum Gasteiger partial charge on any atom is 0.218 e. The van der Waals surface area contributed by atoms with Crippen molar-refractivity contribution in [3.05, 3.63) is 53.7 Å². The fourth-order valence-electron chi connectivity index (χ4n) is 1.99. The first-order valence-corrected chi connectivity index (χ1v) is 6.20. The molecule has 1 aromatic heterocycles. The number of benzene rings is 2. The first-order chi connectivity index (χ1) is 10.1. The number of azo groups is 1. The molecule has 2 aromatic carbocycles. The number of H-pyrrole nitrogens is 1. The molecular formula is C14H12N4O3. The molecule has 1 atom stereocenters. The van der Waals surface area contributed by atoms with E-state index in [2.05, 4.69) is 15.2 Å². The predicted octanol–water partition coefficient (Wildman–Crippen LogP) is 2.69. The number of fused-ring (bicyclic) bond motifs is 1. The Kier molecular flexibility index (Phi) is 3.36. The maximum atomic E-state index is 10.8. The van der Waals surface area contributed by atoms with E-state index in [4.69, 9.17) is 5.21 Å². The number of hydrogen-bond acceptors (Lipinski definition) is 5. The van der Waals surface area contributed by atoms with E-state index in [1.165, 1.54) is 12.1 Å². The number of nitrogens with one attached hydrogen (secondary N) is 2. The Morgan fingerprint density at radius 2 is 1.71 bits per heavy atom. The van der Waals surface area contributed by atoms with E-state index in [9.17, 15) is 10.3 Å². The van der Waals surface area contributed by atoms with Gasteiger partial charge in [-0.15, -0.1) is 5.11 Å². The molecule has 4 N–H and O–H groups in total. The van der Waals surface area contributed by atoms with Crippen LogP contribution in [0.2, 0.25) is 0 Å². The van der Waals surface area contributed by atoms with Crippen LogP contribution in [-0.2, 0) is 0 Å². The Morgan fingerprint density at radius 3 is 2.43 bits per heavy atom. The molecule has 0 spiro atoms. The van der Waals surface area contributed by atoms with Crippen molar-refractivity contribution in [2.75, 3.05) is 0 Å². The van der Waals surface area contributed by atoms with E-state index >= 15 is 0 Å². The second-order valence-corrected chi connectivity index (χ2v) is 4.42. The average molecular weight is 284 g/mol. The van der Waals surface area contributed by atoms with Crippen molar-refractivity contribution >= 4 is 28.0 Å². The van der Waals surface area contributed by atoms with Crippen LogP contribution in [0.25, 0.3) is 10.9 Å². The lowest BCUT2D eigenvalue weighted by molar-refractivity contribution is -0.991. The molecule has 0 aliphatic carbocycles. The number of aromatic hydroxyl groups is 1. The van der Waals surface area contributed by atoms with Crippen LogP contribution in [0.3, 0.4) is 0 Å². The smallest absolute Gasteiger partial charge is 0.218 e. The fourth-order valence-corrected chi connectivity index (χ4v) is 1.99. The Bertz CT molecular complexity index is 794. The van der Waals surface area contributed by atoms with Crippen LogP contribution >= 0.6 is 0 Å². The summed E-state index contributed by atoms with van der Waals surface area (Å²) in [5.74, 6) is -0.0536. The molecule has 1 heterocycles. The van der Waals surface area contributed by atoms with E-state index < -0.39 is 5.23 Å². The van der Waals surface area contributed by atoms with Gasteiger partial charge in [0, 0.05) is 17.5 Å². The highest BCUT2D eigenvalue weighted by molar-refractivity contribution is 5.94. The van der Waals surface area contributed by atoms with Gasteiger partial charge in [0.25, 0.3) is 0 Å². The van der Waals surface area contributed by atoms with Gasteiger partial charge < -0.3 is 15.3 Å². The SMILES string of the molecule is [O-][NH+](O)c1ccc(N=Nc2c(O)[nH]c3ccccc23)cc1. The monoisotopic (exact) mass is 284 g/mol. The number of aromatic nitrogens is 1. The number of para-hydroxylation sites is 1. The minimum atomic E-state index is -0.993. The minimum absolute atomic E-state index is 0.0536. The van der Waals surface area contributed by atoms with Gasteiger partial charge in [0.05, 0.1) is 11.2 Å². The number of aromatic amines is 1. The molecule has 3 rings (SSSR count). The van der Waals surface area contributed by atoms with Crippen LogP contribution < -0.4 is 5.23 Å². The fraction of sp³-hybridized carbons (Fsp3) is 0. The third-order valence-electron chi connectivity index (χ3n) is 3.04. The first kappa shape index (κ1) is 13.3. The summed E-state index contributed by atoms with van der Waals surface area (Å²) in [4.78, 5) is 2.81. The van der Waals surface area contributed by atoms with Crippen LogP contribution in [0, 0.1) is 5.21 Å². The molecule has 7 heteroatoms. The normalized spacial score (nSPS) is 13.0. The first-order valence-electron chi connectivity index (χ1n) is 6.20. The summed E-state index contributed by atoms with van der Waals surface area (Å²) in [7, 11) is 0. The summed E-state index contributed by atoms with van der Waals surface area (Å²) >= 11 is 0. The van der Waals surface area contributed by atoms with Gasteiger partial charge in [-0.3, -0.25) is 0 Å². The van der Waals surface area contributed by atoms with Crippen molar-refractivity contribution < 1.29 is 15.5 Å². The van der Waals surface area contributed by atoms with Gasteiger partial charge in [-0.2, -0.15) is 10.3 Å². The molecule has 0 saturated carbocycles. The standard InChI is InChI=1S/C14H12N4O3/c19-14-13(11-3-1-2-4-12(11)15-14)17-16-9-5-7-10(8-6-9)18(20)21/h1-8,15,18-20H. The van der Waals surface area contributed by atoms with E-state index in [1.807, 2.05) is 24.3 Å². The van der Waals surface area contributed by atoms with Crippen molar-refractivity contribution in [1.82, 2.24) is 4.98 Å². The summed E-state index contributed by atoms with van der Waals surface area (Å²) < 4.78 is 0. The van der Waals surface area contributed by atoms with Crippen LogP contribution in [0.15, 0.2) is 58.8 Å². The lowest BCUT2D eigenvalue weighted by Gasteiger charge is -2.10. The van der Waals surface area contributed by atoms with Gasteiger partial charge in [-0.25, -0.2) is 5.21 Å². The molecule has 3 aromatic rings. The Hall–Kier alpha value is -2.74. The molecule has 7 nitrogen and oxygen atoms in total. The summed E-state index contributed by atoms with van der Waals surface area (Å²) in [5, 5.41) is 37.2. The summed E-state index contributed by atoms with van der Waals surface area (Å²) in [6.07, 6.45) is 0. The third kappa shape index (κ3) is 2.61. The summed E-state index contributed by atoms with van der Waals surface area (Å²) in [6, 6.07) is 13.4. The topological polar surface area (TPSA) is 108 Å². The molecule has 0 bridgehead atoms. The number of nitrogens with zero attached hydrogens (tertiary/aromatic N) is 2. The molecule has 0 aliphatic heterocycles. The molecular weight excluding hydrogens is 272 g/mol. The largest absolute Gasteiger partial charge is 0.595 e. The zero-order chi connectivity index (χ0) is 14.8. The Balaban J connectivity index is 1.92. The van der Waals surface area contributed by atoms with Gasteiger partial charge >= 0.3 is 0 Å². The molecule has 0 radical (unpaired) electrons. The van der Waals surface area contributed by atoms with Crippen LogP contribution in [-0.4, -0.2) is 15.3 Å². The number of rotatable bonds is 3. The van der Waals surface area contributed by atoms with Gasteiger partial charge in [0.2, 0.25) is 5.88 Å². The van der Waals surface area contributed by atoms with Crippen LogP contribution in [0.1, 0.15) is 0 Å². The molecule has 0 saturated heterocycles. The minimum Gasteiger partial charge on any atom is -0.595 e. The average Bonchev–Trinajstić information content (AvgIpc) is 2.81. The highest BCUT2D eigenvalue weighted by atomic mass is 16.8. The predicted molar refractivity (Wildman–Crippen MR) is 76.4 cm³/mol. The van der Waals surface area contributed by atoms with Crippen molar-refractivity contribution in [2.45, 2.75) is 0 Å². The van der Waals surface area contributed by atoms with Crippen molar-refractivity contribution in [3.63, 3.8) is 0 Å². The lowest BCUT2D eigenvalue weighted by atomic mass is 10.2. The second-order valence-electron chi connectivity index (χ2n) is 4.42. The highest BCUT2D eigenvalue weighted by Gasteiger charge is 2.09. The van der Waals surface area contributed by atoms with Gasteiger partial charge in [0.15, 0.2) is 11.4 Å². The number of hydrogen-bond donors (Lipinski definition) is 4. The van der Waals surface area contributed by atoms with Crippen LogP contribution in [0.5, 0.6) is 5.88 Å². The maximum absolute atomic E-state index is 10.8. The van der Waals surface area contributed by atoms with E-state index in [-0.39, 0.29) is 11.6 Å². The van der Waals surface area contributed by atoms with Crippen molar-refractivity contribution in [2.24, 2.45) is 10.2 Å².